The van der Waals surface area contributed by atoms with Crippen molar-refractivity contribution in [3.63, 3.8) is 0 Å². The van der Waals surface area contributed by atoms with Crippen LogP contribution in [0.25, 0.3) is 10.9 Å². The van der Waals surface area contributed by atoms with E-state index >= 15 is 0 Å². The fourth-order valence-corrected chi connectivity index (χ4v) is 2.39. The molecule has 0 amide bonds. The molecule has 0 aliphatic rings. The molecule has 72 valence electrons. The molecule has 6 radical (unpaired) electrons. The van der Waals surface area contributed by atoms with E-state index in [1.807, 2.05) is 6.07 Å². The second-order valence-corrected chi connectivity index (χ2v) is 14.4. The fraction of sp³-hybridized carbons (Fsp3) is 0.111. The molecule has 0 saturated heterocycles. The van der Waals surface area contributed by atoms with E-state index in [1.165, 1.54) is 6.90 Å². The molecule has 0 aliphatic carbocycles. The first kappa shape index (κ1) is 11.6. The molecule has 1 heterocycles. The molecule has 0 fully saturated rings. The van der Waals surface area contributed by atoms with Crippen LogP contribution in [-0.2, 0) is 7.05 Å². The number of aryl methyl sites for hydroxylation is 1. The first-order valence-electron chi connectivity index (χ1n) is 4.21. The van der Waals surface area contributed by atoms with Crippen LogP contribution in [0.15, 0.2) is 23.3 Å². The van der Waals surface area contributed by atoms with Crippen LogP contribution in [0.4, 0.5) is 10.1 Å². The zero-order chi connectivity index (χ0) is 11.0. The average molecular weight is 590 g/mol. The normalized spacial score (nSPS) is 10.7. The van der Waals surface area contributed by atoms with Gasteiger partial charge in [0.05, 0.1) is 0 Å². The molecule has 0 atom stereocenters. The van der Waals surface area contributed by atoms with Gasteiger partial charge in [-0.3, -0.25) is 0 Å². The van der Waals surface area contributed by atoms with E-state index in [2.05, 4.69) is 10.1 Å². The maximum atomic E-state index is 13.6. The molecule has 1 aromatic carbocycles. The van der Waals surface area contributed by atoms with Crippen molar-refractivity contribution in [1.82, 2.24) is 9.78 Å². The van der Waals surface area contributed by atoms with Gasteiger partial charge in [-0.1, -0.05) is 0 Å². The topological polar surface area (TPSA) is 30.2 Å². The van der Waals surface area contributed by atoms with Crippen molar-refractivity contribution in [3.05, 3.63) is 24.1 Å². The summed E-state index contributed by atoms with van der Waals surface area (Å²) < 4.78 is 16.4. The average Bonchev–Trinajstić information content (AvgIpc) is 2.44. The summed E-state index contributed by atoms with van der Waals surface area (Å²) in [6.07, 6.45) is 1.80. The summed E-state index contributed by atoms with van der Waals surface area (Å²) in [5.74, 6) is -0.295. The number of aliphatic imine (C=N–C) groups is 1. The van der Waals surface area contributed by atoms with E-state index in [4.69, 9.17) is 0 Å². The van der Waals surface area contributed by atoms with Crippen LogP contribution < -0.4 is 0 Å². The predicted octanol–water partition coefficient (Wildman–Crippen LogP) is 1.04. The minimum absolute atomic E-state index is 0.295. The first-order valence-corrected chi connectivity index (χ1v) is 8.10. The van der Waals surface area contributed by atoms with Crippen molar-refractivity contribution in [2.45, 2.75) is 0 Å². The van der Waals surface area contributed by atoms with Gasteiger partial charge in [-0.15, -0.1) is 0 Å². The number of fused-ring (bicyclic) bond motifs is 1. The summed E-state index contributed by atoms with van der Waals surface area (Å²) in [6.45, 7) is 0. The van der Waals surface area contributed by atoms with Gasteiger partial charge in [0.2, 0.25) is 0 Å². The molecule has 3 nitrogen and oxygen atoms in total. The third-order valence-electron chi connectivity index (χ3n) is 1.90. The third-order valence-corrected chi connectivity index (χ3v) is 2.77. The van der Waals surface area contributed by atoms with E-state index in [1.54, 1.807) is 17.9 Å². The Hall–Kier alpha value is 0.134. The Morgan fingerprint density at radius 2 is 2.20 bits per heavy atom. The fourth-order valence-electron chi connectivity index (χ4n) is 1.39. The Morgan fingerprint density at radius 1 is 1.47 bits per heavy atom. The summed E-state index contributed by atoms with van der Waals surface area (Å²) in [5, 5.41) is 4.85. The van der Waals surface area contributed by atoms with Gasteiger partial charge in [-0.2, -0.15) is 0 Å². The quantitative estimate of drug-likeness (QED) is 0.362. The number of hydrogen-bond acceptors (Lipinski definition) is 2. The standard InChI is InChI=1S/C9H6FN3.2Pb/c1-11-7-3-6-5-13(2)12-9(6)8(10)4-7;;/h3-5H,2H3;;. The number of benzene rings is 1. The summed E-state index contributed by atoms with van der Waals surface area (Å²) >= 11 is 1.91. The molecule has 0 spiro atoms. The van der Waals surface area contributed by atoms with Gasteiger partial charge < -0.3 is 0 Å². The van der Waals surface area contributed by atoms with Gasteiger partial charge in [-0.05, 0) is 0 Å². The Kier molecular flexibility index (Phi) is 3.53. The van der Waals surface area contributed by atoms with Crippen LogP contribution in [0, 0.1) is 5.82 Å². The van der Waals surface area contributed by atoms with E-state index in [9.17, 15) is 4.39 Å². The van der Waals surface area contributed by atoms with Gasteiger partial charge in [0, 0.05) is 0 Å². The molecule has 6 heteroatoms. The molecular weight excluding hydrogens is 584 g/mol. The Bertz CT molecular complexity index is 544. The van der Waals surface area contributed by atoms with Gasteiger partial charge in [-0.25, -0.2) is 0 Å². The molecule has 1 aromatic heterocycles. The van der Waals surface area contributed by atoms with Crippen LogP contribution in [0.5, 0.6) is 0 Å². The molecule has 2 aromatic rings. The van der Waals surface area contributed by atoms with Crippen molar-refractivity contribution >= 4 is 69.0 Å². The summed E-state index contributed by atoms with van der Waals surface area (Å²) in [7, 11) is 1.78. The second-order valence-electron chi connectivity index (χ2n) is 3.13. The van der Waals surface area contributed by atoms with E-state index < -0.39 is 0 Å². The summed E-state index contributed by atoms with van der Waals surface area (Å²) in [5.41, 5.74) is 1.12. The van der Waals surface area contributed by atoms with E-state index in [0.29, 0.717) is 11.2 Å². The number of halogens is 1. The molecule has 0 unspecified atom stereocenters. The summed E-state index contributed by atoms with van der Waals surface area (Å²) in [6, 6.07) is 3.33. The van der Waals surface area contributed by atoms with Crippen molar-refractivity contribution < 1.29 is 4.39 Å². The zero-order valence-corrected chi connectivity index (χ0v) is 15.7. The van der Waals surface area contributed by atoms with Crippen molar-refractivity contribution in [2.75, 3.05) is 0 Å². The van der Waals surface area contributed by atoms with Gasteiger partial charge >= 0.3 is 119 Å². The number of nitrogens with zero attached hydrogens (tertiary/aromatic N) is 3. The molecule has 0 N–H and O–H groups in total. The van der Waals surface area contributed by atoms with Crippen LogP contribution in [0.2, 0.25) is 0 Å². The van der Waals surface area contributed by atoms with E-state index in [0.717, 1.165) is 56.9 Å². The second kappa shape index (κ2) is 4.56. The monoisotopic (exact) mass is 591 g/mol. The SMILES string of the molecule is Cn1cc2cc(N=[C]([Pb])[Pb])cc(F)c2n1. The van der Waals surface area contributed by atoms with Gasteiger partial charge in [0.25, 0.3) is 0 Å². The molecule has 0 aliphatic heterocycles. The predicted molar refractivity (Wildman–Crippen MR) is 59.3 cm³/mol. The number of hydrogen-bond donors (Lipinski definition) is 0. The maximum absolute atomic E-state index is 13.6. The van der Waals surface area contributed by atoms with Crippen LogP contribution in [0.1, 0.15) is 0 Å². The number of rotatable bonds is 1. The summed E-state index contributed by atoms with van der Waals surface area (Å²) in [4.78, 5) is 4.34. The van der Waals surface area contributed by atoms with Gasteiger partial charge in [0.15, 0.2) is 0 Å². The molecular formula is C9H6FN3Pb2. The Balaban J connectivity index is 2.66. The van der Waals surface area contributed by atoms with E-state index in [-0.39, 0.29) is 5.82 Å². The Morgan fingerprint density at radius 3 is 2.87 bits per heavy atom. The van der Waals surface area contributed by atoms with Crippen molar-refractivity contribution in [1.29, 1.82) is 0 Å². The van der Waals surface area contributed by atoms with Crippen molar-refractivity contribution in [2.24, 2.45) is 12.0 Å². The molecule has 0 bridgehead atoms. The van der Waals surface area contributed by atoms with Gasteiger partial charge in [0.1, 0.15) is 0 Å². The van der Waals surface area contributed by atoms with Crippen LogP contribution in [-0.4, -0.2) is 62.1 Å². The zero-order valence-electron chi connectivity index (χ0n) is 7.95. The first-order chi connectivity index (χ1) is 7.06. The van der Waals surface area contributed by atoms with Crippen LogP contribution in [0.3, 0.4) is 0 Å². The molecule has 15 heavy (non-hydrogen) atoms. The van der Waals surface area contributed by atoms with Crippen LogP contribution >= 0.6 is 0 Å². The number of aromatic nitrogens is 2. The third kappa shape index (κ3) is 2.63. The Labute approximate surface area is 118 Å². The molecule has 0 saturated carbocycles. The minimum atomic E-state index is -0.295. The van der Waals surface area contributed by atoms with Crippen molar-refractivity contribution in [3.8, 4) is 0 Å². The molecule has 2 rings (SSSR count).